The van der Waals surface area contributed by atoms with Crippen molar-refractivity contribution in [1.82, 2.24) is 0 Å². The Hall–Kier alpha value is -3.73. The zero-order valence-electron chi connectivity index (χ0n) is 14.9. The van der Waals surface area contributed by atoms with Crippen molar-refractivity contribution in [2.75, 3.05) is 21.3 Å². The predicted molar refractivity (Wildman–Crippen MR) is 95.2 cm³/mol. The lowest BCUT2D eigenvalue weighted by atomic mass is 9.83. The highest BCUT2D eigenvalue weighted by molar-refractivity contribution is 5.65. The highest BCUT2D eigenvalue weighted by Gasteiger charge is 2.34. The summed E-state index contributed by atoms with van der Waals surface area (Å²) in [5.74, 6) is -0.443. The van der Waals surface area contributed by atoms with E-state index in [1.165, 1.54) is 27.4 Å². The molecule has 27 heavy (non-hydrogen) atoms. The van der Waals surface area contributed by atoms with Crippen LogP contribution in [-0.4, -0.2) is 31.5 Å². The maximum absolute atomic E-state index is 10.2. The minimum absolute atomic E-state index is 0.00903. The molecular formula is C19H18N2O6. The average molecular weight is 370 g/mol. The van der Waals surface area contributed by atoms with Gasteiger partial charge in [-0.05, 0) is 23.8 Å². The Morgan fingerprint density at radius 3 is 2.22 bits per heavy atom. The van der Waals surface area contributed by atoms with E-state index in [2.05, 4.69) is 6.07 Å². The number of ether oxygens (including phenoxy) is 4. The SMILES string of the molecule is COc1cc([C@@H]2C(C#N)=C(N)Oc3c2ccc(O)c3O)cc(OC)c1OC. The van der Waals surface area contributed by atoms with Crippen molar-refractivity contribution in [2.45, 2.75) is 5.92 Å². The monoisotopic (exact) mass is 370 g/mol. The summed E-state index contributed by atoms with van der Waals surface area (Å²) >= 11 is 0. The quantitative estimate of drug-likeness (QED) is 0.700. The van der Waals surface area contributed by atoms with Gasteiger partial charge in [-0.25, -0.2) is 0 Å². The predicted octanol–water partition coefficient (Wildman–Crippen LogP) is 2.34. The van der Waals surface area contributed by atoms with E-state index in [9.17, 15) is 15.5 Å². The van der Waals surface area contributed by atoms with Crippen LogP contribution in [0, 0.1) is 11.3 Å². The Morgan fingerprint density at radius 1 is 1.07 bits per heavy atom. The van der Waals surface area contributed by atoms with Crippen LogP contribution in [0.15, 0.2) is 35.7 Å². The van der Waals surface area contributed by atoms with Crippen LogP contribution in [0.25, 0.3) is 0 Å². The zero-order chi connectivity index (χ0) is 19.7. The van der Waals surface area contributed by atoms with Gasteiger partial charge in [0.15, 0.2) is 23.0 Å². The number of nitrogens with two attached hydrogens (primary N) is 1. The van der Waals surface area contributed by atoms with Gasteiger partial charge in [-0.15, -0.1) is 0 Å². The minimum Gasteiger partial charge on any atom is -0.504 e. The van der Waals surface area contributed by atoms with E-state index >= 15 is 0 Å². The van der Waals surface area contributed by atoms with Gasteiger partial charge in [-0.1, -0.05) is 6.07 Å². The van der Waals surface area contributed by atoms with Gasteiger partial charge in [0.2, 0.25) is 17.4 Å². The van der Waals surface area contributed by atoms with Crippen molar-refractivity contribution in [3.63, 3.8) is 0 Å². The molecule has 0 amide bonds. The molecule has 0 radical (unpaired) electrons. The summed E-state index contributed by atoms with van der Waals surface area (Å²) in [5.41, 5.74) is 7.13. The number of rotatable bonds is 4. The second kappa shape index (κ2) is 6.88. The van der Waals surface area contributed by atoms with Crippen LogP contribution in [0.5, 0.6) is 34.5 Å². The first-order valence-electron chi connectivity index (χ1n) is 7.89. The molecule has 8 heteroatoms. The number of allylic oxidation sites excluding steroid dienone is 1. The van der Waals surface area contributed by atoms with Crippen molar-refractivity contribution in [1.29, 1.82) is 5.26 Å². The van der Waals surface area contributed by atoms with Crippen molar-refractivity contribution < 1.29 is 29.2 Å². The van der Waals surface area contributed by atoms with E-state index in [0.29, 0.717) is 28.4 Å². The number of nitriles is 1. The number of phenols is 2. The normalized spacial score (nSPS) is 15.4. The molecule has 1 aliphatic heterocycles. The molecule has 0 spiro atoms. The van der Waals surface area contributed by atoms with Crippen LogP contribution in [0.1, 0.15) is 17.0 Å². The minimum atomic E-state index is -0.668. The van der Waals surface area contributed by atoms with Gasteiger partial charge in [0.1, 0.15) is 11.6 Å². The fourth-order valence-electron chi connectivity index (χ4n) is 3.11. The second-order valence-electron chi connectivity index (χ2n) is 5.74. The largest absolute Gasteiger partial charge is 0.504 e. The summed E-state index contributed by atoms with van der Waals surface area (Å²) in [6.07, 6.45) is 0. The molecule has 1 atom stereocenters. The fourth-order valence-corrected chi connectivity index (χ4v) is 3.11. The first-order chi connectivity index (χ1) is 13.0. The molecule has 8 nitrogen and oxygen atoms in total. The van der Waals surface area contributed by atoms with Gasteiger partial charge < -0.3 is 34.9 Å². The molecule has 0 bridgehead atoms. The molecule has 2 aromatic carbocycles. The molecule has 1 heterocycles. The highest BCUT2D eigenvalue weighted by Crippen LogP contribution is 2.51. The third kappa shape index (κ3) is 2.79. The summed E-state index contributed by atoms with van der Waals surface area (Å²) in [4.78, 5) is 0. The van der Waals surface area contributed by atoms with Crippen LogP contribution in [-0.2, 0) is 0 Å². The first-order valence-corrected chi connectivity index (χ1v) is 7.89. The Morgan fingerprint density at radius 2 is 1.70 bits per heavy atom. The molecule has 0 unspecified atom stereocenters. The Kier molecular flexibility index (Phi) is 4.60. The van der Waals surface area contributed by atoms with Crippen LogP contribution >= 0.6 is 0 Å². The summed E-state index contributed by atoms with van der Waals surface area (Å²) in [7, 11) is 4.46. The lowest BCUT2D eigenvalue weighted by Gasteiger charge is -2.27. The van der Waals surface area contributed by atoms with Crippen molar-refractivity contribution in [3.05, 3.63) is 46.8 Å². The van der Waals surface area contributed by atoms with E-state index in [0.717, 1.165) is 0 Å². The summed E-state index contributed by atoms with van der Waals surface area (Å²) in [6.45, 7) is 0. The number of benzene rings is 2. The van der Waals surface area contributed by atoms with Crippen LogP contribution in [0.3, 0.4) is 0 Å². The number of fused-ring (bicyclic) bond motifs is 1. The Bertz CT molecular complexity index is 952. The molecule has 0 aromatic heterocycles. The maximum Gasteiger partial charge on any atom is 0.205 e. The summed E-state index contributed by atoms with van der Waals surface area (Å²) < 4.78 is 21.5. The van der Waals surface area contributed by atoms with Crippen molar-refractivity contribution in [3.8, 4) is 40.6 Å². The molecular weight excluding hydrogens is 352 g/mol. The van der Waals surface area contributed by atoms with Gasteiger partial charge >= 0.3 is 0 Å². The molecule has 0 fully saturated rings. The molecule has 2 aromatic rings. The molecule has 140 valence electrons. The number of methoxy groups -OCH3 is 3. The zero-order valence-corrected chi connectivity index (χ0v) is 14.9. The Balaban J connectivity index is 2.30. The first kappa shape index (κ1) is 18.1. The van der Waals surface area contributed by atoms with Gasteiger partial charge in [-0.2, -0.15) is 5.26 Å². The molecule has 4 N–H and O–H groups in total. The molecule has 0 aliphatic carbocycles. The van der Waals surface area contributed by atoms with Gasteiger partial charge in [0.25, 0.3) is 0 Å². The van der Waals surface area contributed by atoms with Gasteiger partial charge in [0, 0.05) is 5.56 Å². The smallest absolute Gasteiger partial charge is 0.205 e. The van der Waals surface area contributed by atoms with Crippen molar-refractivity contribution in [2.24, 2.45) is 5.73 Å². The van der Waals surface area contributed by atoms with Crippen LogP contribution in [0.4, 0.5) is 0 Å². The summed E-state index contributed by atoms with van der Waals surface area (Å²) in [6, 6.07) is 8.31. The third-order valence-electron chi connectivity index (χ3n) is 4.36. The molecule has 0 saturated carbocycles. The van der Waals surface area contributed by atoms with Crippen LogP contribution < -0.4 is 24.7 Å². The second-order valence-corrected chi connectivity index (χ2v) is 5.74. The topological polar surface area (TPSA) is 127 Å². The van der Waals surface area contributed by atoms with E-state index in [1.54, 1.807) is 18.2 Å². The van der Waals surface area contributed by atoms with E-state index in [1.807, 2.05) is 0 Å². The van der Waals surface area contributed by atoms with Crippen molar-refractivity contribution >= 4 is 0 Å². The highest BCUT2D eigenvalue weighted by atomic mass is 16.5. The number of phenolic OH excluding ortho intramolecular Hbond substituents is 2. The van der Waals surface area contributed by atoms with Gasteiger partial charge in [0.05, 0.1) is 27.2 Å². The van der Waals surface area contributed by atoms with E-state index in [4.69, 9.17) is 24.7 Å². The molecule has 0 saturated heterocycles. The maximum atomic E-state index is 10.2. The van der Waals surface area contributed by atoms with Crippen LogP contribution in [0.2, 0.25) is 0 Å². The molecule has 3 rings (SSSR count). The number of hydrogen-bond donors (Lipinski definition) is 3. The number of hydrogen-bond acceptors (Lipinski definition) is 8. The lowest BCUT2D eigenvalue weighted by Crippen LogP contribution is -2.21. The average Bonchev–Trinajstić information content (AvgIpc) is 2.68. The fraction of sp³-hybridized carbons (Fsp3) is 0.211. The van der Waals surface area contributed by atoms with Gasteiger partial charge in [-0.3, -0.25) is 0 Å². The Labute approximate surface area is 155 Å². The standard InChI is InChI=1S/C19H18N2O6/c1-24-13-6-9(7-14(25-2)18(13)26-3)15-10-4-5-12(22)16(23)17(10)27-19(21)11(15)8-20/h4-7,15,22-23H,21H2,1-3H3/t15-/m0/s1. The van der Waals surface area contributed by atoms with E-state index in [-0.39, 0.29) is 23.0 Å². The number of nitrogens with zero attached hydrogens (tertiary/aromatic N) is 1. The lowest BCUT2D eigenvalue weighted by molar-refractivity contribution is 0.323. The van der Waals surface area contributed by atoms with E-state index < -0.39 is 11.7 Å². The third-order valence-corrected chi connectivity index (χ3v) is 4.36. The molecule has 1 aliphatic rings. The number of aromatic hydroxyl groups is 2. The summed E-state index contributed by atoms with van der Waals surface area (Å²) in [5, 5.41) is 29.6.